The standard InChI is InChI=1S/C13H17NO2S/c1-12-7-5-6-10-14(11-12)17(15,16)13-8-3-2-4-9-13/h2-4,8-9H,1,5-7,10-11H2. The van der Waals surface area contributed by atoms with Gasteiger partial charge in [0.2, 0.25) is 10.0 Å². The zero-order valence-electron chi connectivity index (χ0n) is 9.80. The fourth-order valence-corrected chi connectivity index (χ4v) is 3.54. The second kappa shape index (κ2) is 5.02. The molecule has 3 nitrogen and oxygen atoms in total. The Balaban J connectivity index is 2.29. The first-order valence-corrected chi connectivity index (χ1v) is 7.26. The number of hydrogen-bond donors (Lipinski definition) is 0. The van der Waals surface area contributed by atoms with Gasteiger partial charge in [-0.1, -0.05) is 30.4 Å². The highest BCUT2D eigenvalue weighted by molar-refractivity contribution is 7.89. The van der Waals surface area contributed by atoms with Gasteiger partial charge in [0.1, 0.15) is 0 Å². The smallest absolute Gasteiger partial charge is 0.207 e. The minimum absolute atomic E-state index is 0.370. The molecular weight excluding hydrogens is 234 g/mol. The largest absolute Gasteiger partial charge is 0.243 e. The third-order valence-corrected chi connectivity index (χ3v) is 4.83. The molecule has 92 valence electrons. The molecule has 0 amide bonds. The van der Waals surface area contributed by atoms with Crippen molar-refractivity contribution < 1.29 is 8.42 Å². The highest BCUT2D eigenvalue weighted by atomic mass is 32.2. The van der Waals surface area contributed by atoms with Gasteiger partial charge in [0.25, 0.3) is 0 Å². The molecule has 1 heterocycles. The molecule has 1 aliphatic rings. The SMILES string of the molecule is C=C1CCCCN(S(=O)(=O)c2ccccc2)C1. The van der Waals surface area contributed by atoms with Crippen molar-refractivity contribution in [3.05, 3.63) is 42.5 Å². The van der Waals surface area contributed by atoms with E-state index in [1.165, 1.54) is 4.31 Å². The lowest BCUT2D eigenvalue weighted by atomic mass is 10.2. The van der Waals surface area contributed by atoms with Crippen LogP contribution >= 0.6 is 0 Å². The summed E-state index contributed by atoms with van der Waals surface area (Å²) in [5.41, 5.74) is 1.00. The van der Waals surface area contributed by atoms with E-state index >= 15 is 0 Å². The summed E-state index contributed by atoms with van der Waals surface area (Å²) in [4.78, 5) is 0.370. The van der Waals surface area contributed by atoms with Crippen molar-refractivity contribution >= 4 is 10.0 Å². The van der Waals surface area contributed by atoms with Gasteiger partial charge in [-0.3, -0.25) is 0 Å². The van der Waals surface area contributed by atoms with Gasteiger partial charge in [-0.15, -0.1) is 0 Å². The lowest BCUT2D eigenvalue weighted by Crippen LogP contribution is -2.32. The maximum absolute atomic E-state index is 12.4. The second-order valence-corrected chi connectivity index (χ2v) is 6.30. The zero-order chi connectivity index (χ0) is 12.3. The maximum atomic E-state index is 12.4. The van der Waals surface area contributed by atoms with Crippen LogP contribution in [0.3, 0.4) is 0 Å². The molecule has 1 aromatic rings. The molecule has 0 aromatic heterocycles. The van der Waals surface area contributed by atoms with E-state index in [1.807, 2.05) is 6.07 Å². The first-order chi connectivity index (χ1) is 8.10. The summed E-state index contributed by atoms with van der Waals surface area (Å²) in [6.45, 7) is 4.97. The normalized spacial score (nSPS) is 18.9. The van der Waals surface area contributed by atoms with E-state index in [0.717, 1.165) is 24.8 Å². The Morgan fingerprint density at radius 3 is 2.53 bits per heavy atom. The van der Waals surface area contributed by atoms with Gasteiger partial charge >= 0.3 is 0 Å². The molecule has 4 heteroatoms. The first-order valence-electron chi connectivity index (χ1n) is 5.82. The molecule has 1 aromatic carbocycles. The summed E-state index contributed by atoms with van der Waals surface area (Å²) in [6.07, 6.45) is 2.87. The van der Waals surface area contributed by atoms with Gasteiger partial charge in [-0.05, 0) is 31.4 Å². The van der Waals surface area contributed by atoms with Crippen molar-refractivity contribution in [1.82, 2.24) is 4.31 Å². The Labute approximate surface area is 103 Å². The summed E-state index contributed by atoms with van der Waals surface area (Å²) in [6, 6.07) is 8.60. The fourth-order valence-electron chi connectivity index (χ4n) is 2.02. The van der Waals surface area contributed by atoms with Gasteiger partial charge in [0.05, 0.1) is 4.90 Å². The van der Waals surface area contributed by atoms with Crippen molar-refractivity contribution in [2.24, 2.45) is 0 Å². The molecule has 0 saturated carbocycles. The van der Waals surface area contributed by atoms with E-state index < -0.39 is 10.0 Å². The van der Waals surface area contributed by atoms with Crippen molar-refractivity contribution in [1.29, 1.82) is 0 Å². The summed E-state index contributed by atoms with van der Waals surface area (Å²) in [7, 11) is -3.35. The van der Waals surface area contributed by atoms with Crippen LogP contribution in [0, 0.1) is 0 Å². The van der Waals surface area contributed by atoms with Crippen LogP contribution in [0.15, 0.2) is 47.4 Å². The van der Waals surface area contributed by atoms with E-state index in [9.17, 15) is 8.42 Å². The van der Waals surface area contributed by atoms with Gasteiger partial charge in [0.15, 0.2) is 0 Å². The third kappa shape index (κ3) is 2.76. The topological polar surface area (TPSA) is 37.4 Å². The molecule has 0 unspecified atom stereocenters. The van der Waals surface area contributed by atoms with Crippen molar-refractivity contribution in [3.8, 4) is 0 Å². The molecule has 1 saturated heterocycles. The molecule has 1 aliphatic heterocycles. The molecule has 0 spiro atoms. The van der Waals surface area contributed by atoms with Gasteiger partial charge in [-0.25, -0.2) is 8.42 Å². The van der Waals surface area contributed by atoms with Gasteiger partial charge in [0, 0.05) is 13.1 Å². The Bertz CT molecular complexity index is 493. The minimum Gasteiger partial charge on any atom is -0.207 e. The second-order valence-electron chi connectivity index (χ2n) is 4.36. The van der Waals surface area contributed by atoms with Crippen molar-refractivity contribution in [2.45, 2.75) is 24.2 Å². The maximum Gasteiger partial charge on any atom is 0.243 e. The zero-order valence-corrected chi connectivity index (χ0v) is 10.6. The molecule has 2 rings (SSSR count). The Kier molecular flexibility index (Phi) is 3.64. The molecule has 17 heavy (non-hydrogen) atoms. The number of nitrogens with zero attached hydrogens (tertiary/aromatic N) is 1. The summed E-state index contributed by atoms with van der Waals surface area (Å²) in [5, 5.41) is 0. The highest BCUT2D eigenvalue weighted by Gasteiger charge is 2.25. The summed E-state index contributed by atoms with van der Waals surface area (Å²) >= 11 is 0. The Morgan fingerprint density at radius 1 is 1.12 bits per heavy atom. The number of benzene rings is 1. The minimum atomic E-state index is -3.35. The van der Waals surface area contributed by atoms with E-state index in [1.54, 1.807) is 24.3 Å². The van der Waals surface area contributed by atoms with Crippen LogP contribution in [0.25, 0.3) is 0 Å². The van der Waals surface area contributed by atoms with E-state index in [0.29, 0.717) is 18.0 Å². The lowest BCUT2D eigenvalue weighted by Gasteiger charge is -2.20. The van der Waals surface area contributed by atoms with Crippen LogP contribution in [0.5, 0.6) is 0 Å². The highest BCUT2D eigenvalue weighted by Crippen LogP contribution is 2.21. The predicted molar refractivity (Wildman–Crippen MR) is 68.2 cm³/mol. The average Bonchev–Trinajstić information content (AvgIpc) is 2.55. The Hall–Kier alpha value is -1.13. The number of sulfonamides is 1. The van der Waals surface area contributed by atoms with Crippen LogP contribution < -0.4 is 0 Å². The molecule has 0 radical (unpaired) electrons. The predicted octanol–water partition coefficient (Wildman–Crippen LogP) is 2.42. The Morgan fingerprint density at radius 2 is 1.82 bits per heavy atom. The van der Waals surface area contributed by atoms with Crippen LogP contribution in [-0.2, 0) is 10.0 Å². The van der Waals surface area contributed by atoms with E-state index in [4.69, 9.17) is 0 Å². The molecule has 0 bridgehead atoms. The van der Waals surface area contributed by atoms with Crippen LogP contribution in [0.2, 0.25) is 0 Å². The molecule has 0 atom stereocenters. The van der Waals surface area contributed by atoms with Crippen LogP contribution in [-0.4, -0.2) is 25.8 Å². The van der Waals surface area contributed by atoms with E-state index in [2.05, 4.69) is 6.58 Å². The molecule has 0 aliphatic carbocycles. The van der Waals surface area contributed by atoms with Crippen LogP contribution in [0.4, 0.5) is 0 Å². The van der Waals surface area contributed by atoms with Crippen molar-refractivity contribution in [2.75, 3.05) is 13.1 Å². The van der Waals surface area contributed by atoms with Crippen molar-refractivity contribution in [3.63, 3.8) is 0 Å². The van der Waals surface area contributed by atoms with Gasteiger partial charge < -0.3 is 0 Å². The number of rotatable bonds is 2. The van der Waals surface area contributed by atoms with Gasteiger partial charge in [-0.2, -0.15) is 4.31 Å². The quantitative estimate of drug-likeness (QED) is 0.757. The monoisotopic (exact) mass is 251 g/mol. The van der Waals surface area contributed by atoms with E-state index in [-0.39, 0.29) is 0 Å². The number of hydrogen-bond acceptors (Lipinski definition) is 2. The molecule has 1 fully saturated rings. The fraction of sp³-hybridized carbons (Fsp3) is 0.385. The first kappa shape index (κ1) is 12.3. The molecular formula is C13H17NO2S. The lowest BCUT2D eigenvalue weighted by molar-refractivity contribution is 0.441. The summed E-state index contributed by atoms with van der Waals surface area (Å²) < 4.78 is 26.3. The van der Waals surface area contributed by atoms with Crippen LogP contribution in [0.1, 0.15) is 19.3 Å². The average molecular weight is 251 g/mol. The summed E-state index contributed by atoms with van der Waals surface area (Å²) in [5.74, 6) is 0. The molecule has 0 N–H and O–H groups in total. The third-order valence-electron chi connectivity index (χ3n) is 2.97.